The Kier molecular flexibility index (Phi) is 4.49. The molecular formula is C13H21N3O2. The molecule has 5 nitrogen and oxygen atoms in total. The fourth-order valence-electron chi connectivity index (χ4n) is 2.10. The maximum absolute atomic E-state index is 5.57. The molecule has 1 aromatic rings. The minimum Gasteiger partial charge on any atom is -0.378 e. The molecule has 100 valence electrons. The average Bonchev–Trinajstić information content (AvgIpc) is 2.87. The lowest BCUT2D eigenvalue weighted by Crippen LogP contribution is -2.39. The number of aryl methyl sites for hydroxylation is 1. The largest absolute Gasteiger partial charge is 0.378 e. The number of nitrogens with one attached hydrogen (secondary N) is 1. The lowest BCUT2D eigenvalue weighted by molar-refractivity contribution is -0.00625. The Morgan fingerprint density at radius 1 is 1.50 bits per heavy atom. The van der Waals surface area contributed by atoms with Gasteiger partial charge in [-0.25, -0.2) is 9.97 Å². The molecule has 0 saturated carbocycles. The molecule has 1 unspecified atom stereocenters. The van der Waals surface area contributed by atoms with Gasteiger partial charge in [-0.1, -0.05) is 13.3 Å². The van der Waals surface area contributed by atoms with E-state index >= 15 is 0 Å². The smallest absolute Gasteiger partial charge is 0.129 e. The van der Waals surface area contributed by atoms with Crippen LogP contribution in [0.15, 0.2) is 12.4 Å². The summed E-state index contributed by atoms with van der Waals surface area (Å²) >= 11 is 0. The predicted octanol–water partition coefficient (Wildman–Crippen LogP) is 1.65. The molecule has 1 aliphatic heterocycles. The van der Waals surface area contributed by atoms with Crippen molar-refractivity contribution in [1.82, 2.24) is 9.97 Å². The fraction of sp³-hybridized carbons (Fsp3) is 0.692. The fourth-order valence-corrected chi connectivity index (χ4v) is 2.10. The number of nitrogens with zero attached hydrogens (tertiary/aromatic N) is 2. The summed E-state index contributed by atoms with van der Waals surface area (Å²) in [7, 11) is 1.73. The Hall–Kier alpha value is -1.20. The van der Waals surface area contributed by atoms with Crippen LogP contribution >= 0.6 is 0 Å². The standard InChI is InChI=1S/C13H21N3O2/c1-3-4-11-7-12(16-10-15-11)14-8-13(17-2)5-6-18-9-13/h7,10H,3-6,8-9H2,1-2H3,(H,14,15,16). The molecule has 2 rings (SSSR count). The molecule has 0 aromatic carbocycles. The molecule has 1 saturated heterocycles. The molecule has 0 amide bonds. The number of ether oxygens (including phenoxy) is 2. The van der Waals surface area contributed by atoms with Gasteiger partial charge in [0.25, 0.3) is 0 Å². The van der Waals surface area contributed by atoms with Gasteiger partial charge >= 0.3 is 0 Å². The maximum Gasteiger partial charge on any atom is 0.129 e. The Morgan fingerprint density at radius 2 is 2.39 bits per heavy atom. The first-order valence-electron chi connectivity index (χ1n) is 6.46. The summed E-state index contributed by atoms with van der Waals surface area (Å²) in [4.78, 5) is 8.47. The predicted molar refractivity (Wildman–Crippen MR) is 69.7 cm³/mol. The van der Waals surface area contributed by atoms with Crippen LogP contribution in [0.4, 0.5) is 5.82 Å². The van der Waals surface area contributed by atoms with Crippen LogP contribution in [0.3, 0.4) is 0 Å². The molecule has 1 aromatic heterocycles. The van der Waals surface area contributed by atoms with Crippen molar-refractivity contribution in [3.05, 3.63) is 18.1 Å². The highest BCUT2D eigenvalue weighted by molar-refractivity contribution is 5.35. The Labute approximate surface area is 108 Å². The van der Waals surface area contributed by atoms with Crippen molar-refractivity contribution >= 4 is 5.82 Å². The van der Waals surface area contributed by atoms with E-state index in [1.807, 2.05) is 6.07 Å². The van der Waals surface area contributed by atoms with E-state index in [1.54, 1.807) is 13.4 Å². The normalized spacial score (nSPS) is 23.2. The zero-order valence-electron chi connectivity index (χ0n) is 11.1. The minimum absolute atomic E-state index is 0.212. The zero-order valence-corrected chi connectivity index (χ0v) is 11.1. The number of hydrogen-bond donors (Lipinski definition) is 1. The van der Waals surface area contributed by atoms with E-state index in [4.69, 9.17) is 9.47 Å². The van der Waals surface area contributed by atoms with E-state index in [0.29, 0.717) is 13.2 Å². The van der Waals surface area contributed by atoms with Gasteiger partial charge in [0, 0.05) is 38.4 Å². The molecule has 18 heavy (non-hydrogen) atoms. The Balaban J connectivity index is 1.94. The maximum atomic E-state index is 5.57. The molecule has 0 aliphatic carbocycles. The van der Waals surface area contributed by atoms with Gasteiger partial charge < -0.3 is 14.8 Å². The topological polar surface area (TPSA) is 56.3 Å². The number of hydrogen-bond acceptors (Lipinski definition) is 5. The van der Waals surface area contributed by atoms with Crippen LogP contribution in [0, 0.1) is 0 Å². The second kappa shape index (κ2) is 6.11. The van der Waals surface area contributed by atoms with Gasteiger partial charge in [0.2, 0.25) is 0 Å². The molecule has 1 aliphatic rings. The number of rotatable bonds is 6. The van der Waals surface area contributed by atoms with E-state index in [-0.39, 0.29) is 5.60 Å². The zero-order chi connectivity index (χ0) is 12.8. The second-order valence-electron chi connectivity index (χ2n) is 4.69. The van der Waals surface area contributed by atoms with Gasteiger partial charge in [-0.05, 0) is 6.42 Å². The first-order valence-corrected chi connectivity index (χ1v) is 6.46. The highest BCUT2D eigenvalue weighted by Gasteiger charge is 2.34. The monoisotopic (exact) mass is 251 g/mol. The quantitative estimate of drug-likeness (QED) is 0.833. The SMILES string of the molecule is CCCc1cc(NCC2(OC)CCOC2)ncn1. The highest BCUT2D eigenvalue weighted by Crippen LogP contribution is 2.22. The van der Waals surface area contributed by atoms with Gasteiger partial charge in [0.05, 0.1) is 6.61 Å². The first kappa shape index (κ1) is 13.2. The van der Waals surface area contributed by atoms with Crippen LogP contribution in [0.2, 0.25) is 0 Å². The summed E-state index contributed by atoms with van der Waals surface area (Å²) in [6, 6.07) is 2.00. The van der Waals surface area contributed by atoms with Crippen molar-refractivity contribution in [2.24, 2.45) is 0 Å². The van der Waals surface area contributed by atoms with Gasteiger partial charge in [-0.3, -0.25) is 0 Å². The van der Waals surface area contributed by atoms with Crippen LogP contribution in [0.5, 0.6) is 0 Å². The molecule has 1 fully saturated rings. The lowest BCUT2D eigenvalue weighted by atomic mass is 10.0. The van der Waals surface area contributed by atoms with Crippen molar-refractivity contribution < 1.29 is 9.47 Å². The van der Waals surface area contributed by atoms with E-state index in [0.717, 1.165) is 37.4 Å². The van der Waals surface area contributed by atoms with Gasteiger partial charge in [0.1, 0.15) is 17.7 Å². The summed E-state index contributed by atoms with van der Waals surface area (Å²) in [6.45, 7) is 4.26. The van der Waals surface area contributed by atoms with Crippen molar-refractivity contribution in [3.8, 4) is 0 Å². The third kappa shape index (κ3) is 3.17. The van der Waals surface area contributed by atoms with Crippen LogP contribution in [0.25, 0.3) is 0 Å². The molecule has 0 radical (unpaired) electrons. The third-order valence-electron chi connectivity index (χ3n) is 3.32. The number of methoxy groups -OCH3 is 1. The number of aromatic nitrogens is 2. The molecule has 5 heteroatoms. The molecule has 0 spiro atoms. The summed E-state index contributed by atoms with van der Waals surface area (Å²) in [5, 5.41) is 3.32. The van der Waals surface area contributed by atoms with E-state index in [9.17, 15) is 0 Å². The average molecular weight is 251 g/mol. The third-order valence-corrected chi connectivity index (χ3v) is 3.32. The molecule has 1 atom stereocenters. The summed E-state index contributed by atoms with van der Waals surface area (Å²) in [5.74, 6) is 0.858. The van der Waals surface area contributed by atoms with E-state index in [1.165, 1.54) is 0 Å². The number of anilines is 1. The van der Waals surface area contributed by atoms with Gasteiger partial charge in [-0.15, -0.1) is 0 Å². The Bertz CT molecular complexity index is 378. The van der Waals surface area contributed by atoms with Crippen molar-refractivity contribution in [2.45, 2.75) is 31.8 Å². The van der Waals surface area contributed by atoms with Crippen LogP contribution in [-0.2, 0) is 15.9 Å². The summed E-state index contributed by atoms with van der Waals surface area (Å²) in [6.07, 6.45) is 4.60. The molecular weight excluding hydrogens is 230 g/mol. The first-order chi connectivity index (χ1) is 8.78. The summed E-state index contributed by atoms with van der Waals surface area (Å²) in [5.41, 5.74) is 0.861. The van der Waals surface area contributed by atoms with Crippen LogP contribution < -0.4 is 5.32 Å². The van der Waals surface area contributed by atoms with E-state index < -0.39 is 0 Å². The Morgan fingerprint density at radius 3 is 3.06 bits per heavy atom. The van der Waals surface area contributed by atoms with Crippen molar-refractivity contribution in [1.29, 1.82) is 0 Å². The minimum atomic E-state index is -0.212. The highest BCUT2D eigenvalue weighted by atomic mass is 16.5. The van der Waals surface area contributed by atoms with Crippen LogP contribution in [-0.4, -0.2) is 42.4 Å². The van der Waals surface area contributed by atoms with Crippen molar-refractivity contribution in [2.75, 3.05) is 32.2 Å². The van der Waals surface area contributed by atoms with E-state index in [2.05, 4.69) is 22.2 Å². The van der Waals surface area contributed by atoms with Gasteiger partial charge in [-0.2, -0.15) is 0 Å². The van der Waals surface area contributed by atoms with Crippen molar-refractivity contribution in [3.63, 3.8) is 0 Å². The molecule has 2 heterocycles. The summed E-state index contributed by atoms with van der Waals surface area (Å²) < 4.78 is 11.0. The molecule has 0 bridgehead atoms. The van der Waals surface area contributed by atoms with Gasteiger partial charge in [0.15, 0.2) is 0 Å². The lowest BCUT2D eigenvalue weighted by Gasteiger charge is -2.26. The van der Waals surface area contributed by atoms with Crippen LogP contribution in [0.1, 0.15) is 25.5 Å². The second-order valence-corrected chi connectivity index (χ2v) is 4.69. The molecule has 1 N–H and O–H groups in total.